The Hall–Kier alpha value is -1.37. The standard InChI is InChI=1S/C16H27N3O3S/c1-5-6-7-15(20)17-14-10-13(16(2,3)4)18-19(14)12-8-9-23(21,22)11-12/h10,12H,5-9,11H2,1-4H3,(H,17,20)/t12-/m0/s1. The number of hydrogen-bond acceptors (Lipinski definition) is 4. The summed E-state index contributed by atoms with van der Waals surface area (Å²) in [5, 5.41) is 7.51. The highest BCUT2D eigenvalue weighted by Crippen LogP contribution is 2.30. The van der Waals surface area contributed by atoms with Gasteiger partial charge in [-0.1, -0.05) is 34.1 Å². The van der Waals surface area contributed by atoms with Crippen LogP contribution in [0.1, 0.15) is 65.1 Å². The van der Waals surface area contributed by atoms with Crippen LogP contribution in [0.2, 0.25) is 0 Å². The van der Waals surface area contributed by atoms with Crippen molar-refractivity contribution in [3.63, 3.8) is 0 Å². The van der Waals surface area contributed by atoms with Crippen LogP contribution in [0.5, 0.6) is 0 Å². The van der Waals surface area contributed by atoms with E-state index in [2.05, 4.69) is 10.4 Å². The van der Waals surface area contributed by atoms with Crippen LogP contribution in [0.4, 0.5) is 5.82 Å². The van der Waals surface area contributed by atoms with E-state index >= 15 is 0 Å². The van der Waals surface area contributed by atoms with Crippen molar-refractivity contribution in [3.8, 4) is 0 Å². The molecule has 1 aromatic rings. The summed E-state index contributed by atoms with van der Waals surface area (Å²) in [5.74, 6) is 0.842. The number of amides is 1. The lowest BCUT2D eigenvalue weighted by molar-refractivity contribution is -0.116. The molecule has 23 heavy (non-hydrogen) atoms. The smallest absolute Gasteiger partial charge is 0.225 e. The summed E-state index contributed by atoms with van der Waals surface area (Å²) in [6, 6.07) is 1.67. The maximum absolute atomic E-state index is 12.1. The molecule has 1 amide bonds. The monoisotopic (exact) mass is 341 g/mol. The number of unbranched alkanes of at least 4 members (excludes halogenated alkanes) is 1. The minimum absolute atomic E-state index is 0.0469. The lowest BCUT2D eigenvalue weighted by Gasteiger charge is -2.15. The molecule has 1 aromatic heterocycles. The number of sulfone groups is 1. The molecule has 7 heteroatoms. The Labute approximate surface area is 138 Å². The molecule has 0 radical (unpaired) electrons. The Bertz CT molecular complexity index is 671. The van der Waals surface area contributed by atoms with E-state index in [1.54, 1.807) is 4.68 Å². The van der Waals surface area contributed by atoms with Gasteiger partial charge >= 0.3 is 0 Å². The molecule has 1 N–H and O–H groups in total. The minimum Gasteiger partial charge on any atom is -0.311 e. The second-order valence-corrected chi connectivity index (χ2v) is 9.55. The SMILES string of the molecule is CCCCC(=O)Nc1cc(C(C)(C)C)nn1[C@H]1CCS(=O)(=O)C1. The Morgan fingerprint density at radius 3 is 2.65 bits per heavy atom. The maximum Gasteiger partial charge on any atom is 0.225 e. The van der Waals surface area contributed by atoms with E-state index in [4.69, 9.17) is 0 Å². The van der Waals surface area contributed by atoms with Crippen LogP contribution < -0.4 is 5.32 Å². The number of nitrogens with one attached hydrogen (secondary N) is 1. The molecule has 1 aliphatic heterocycles. The van der Waals surface area contributed by atoms with Crippen molar-refractivity contribution in [2.24, 2.45) is 0 Å². The average Bonchev–Trinajstić information content (AvgIpc) is 2.99. The van der Waals surface area contributed by atoms with Gasteiger partial charge in [0.2, 0.25) is 5.91 Å². The molecule has 130 valence electrons. The van der Waals surface area contributed by atoms with E-state index in [-0.39, 0.29) is 28.9 Å². The molecule has 2 heterocycles. The number of carbonyl (C=O) groups is 1. The normalized spacial score (nSPS) is 20.6. The van der Waals surface area contributed by atoms with Gasteiger partial charge in [-0.05, 0) is 12.8 Å². The first-order chi connectivity index (χ1) is 10.6. The molecule has 0 saturated carbocycles. The number of aromatic nitrogens is 2. The summed E-state index contributed by atoms with van der Waals surface area (Å²) in [7, 11) is -3.00. The Morgan fingerprint density at radius 2 is 2.13 bits per heavy atom. The zero-order valence-electron chi connectivity index (χ0n) is 14.4. The third-order valence-electron chi connectivity index (χ3n) is 4.08. The summed E-state index contributed by atoms with van der Waals surface area (Å²) >= 11 is 0. The molecule has 0 aliphatic carbocycles. The molecule has 0 aromatic carbocycles. The molecule has 0 bridgehead atoms. The molecular weight excluding hydrogens is 314 g/mol. The van der Waals surface area contributed by atoms with Crippen molar-refractivity contribution >= 4 is 21.6 Å². The number of hydrogen-bond donors (Lipinski definition) is 1. The zero-order valence-corrected chi connectivity index (χ0v) is 15.2. The van der Waals surface area contributed by atoms with E-state index in [0.717, 1.165) is 18.5 Å². The molecule has 1 saturated heterocycles. The first-order valence-electron chi connectivity index (χ1n) is 8.22. The highest BCUT2D eigenvalue weighted by Gasteiger charge is 2.32. The topological polar surface area (TPSA) is 81.1 Å². The highest BCUT2D eigenvalue weighted by molar-refractivity contribution is 7.91. The van der Waals surface area contributed by atoms with Crippen molar-refractivity contribution in [2.45, 2.75) is 64.8 Å². The molecule has 1 atom stereocenters. The van der Waals surface area contributed by atoms with Gasteiger partial charge in [0.25, 0.3) is 0 Å². The molecule has 1 aliphatic rings. The van der Waals surface area contributed by atoms with E-state index < -0.39 is 9.84 Å². The molecule has 6 nitrogen and oxygen atoms in total. The average molecular weight is 341 g/mol. The lowest BCUT2D eigenvalue weighted by atomic mass is 9.92. The number of nitrogens with zero attached hydrogens (tertiary/aromatic N) is 2. The summed E-state index contributed by atoms with van der Waals surface area (Å²) in [6.07, 6.45) is 2.81. The fraction of sp³-hybridized carbons (Fsp3) is 0.750. The van der Waals surface area contributed by atoms with Crippen LogP contribution >= 0.6 is 0 Å². The second kappa shape index (κ2) is 6.63. The van der Waals surface area contributed by atoms with Crippen molar-refractivity contribution in [2.75, 3.05) is 16.8 Å². The number of anilines is 1. The van der Waals surface area contributed by atoms with Crippen LogP contribution in [0.15, 0.2) is 6.07 Å². The van der Waals surface area contributed by atoms with Gasteiger partial charge in [0.15, 0.2) is 9.84 Å². The van der Waals surface area contributed by atoms with E-state index in [1.165, 1.54) is 0 Å². The van der Waals surface area contributed by atoms with E-state index in [1.807, 2.05) is 33.8 Å². The van der Waals surface area contributed by atoms with E-state index in [9.17, 15) is 13.2 Å². The van der Waals surface area contributed by atoms with Gasteiger partial charge in [-0.2, -0.15) is 5.10 Å². The van der Waals surface area contributed by atoms with Gasteiger partial charge in [-0.3, -0.25) is 4.79 Å². The predicted octanol–water partition coefficient (Wildman–Crippen LogP) is 2.67. The van der Waals surface area contributed by atoms with Crippen molar-refractivity contribution in [3.05, 3.63) is 11.8 Å². The zero-order chi connectivity index (χ0) is 17.3. The second-order valence-electron chi connectivity index (χ2n) is 7.32. The minimum atomic E-state index is -3.00. The quantitative estimate of drug-likeness (QED) is 0.893. The summed E-state index contributed by atoms with van der Waals surface area (Å²) in [4.78, 5) is 12.1. The summed E-state index contributed by atoms with van der Waals surface area (Å²) in [5.41, 5.74) is 0.693. The first kappa shape index (κ1) is 18.0. The fourth-order valence-electron chi connectivity index (χ4n) is 2.64. The van der Waals surface area contributed by atoms with Crippen LogP contribution in [0, 0.1) is 0 Å². The maximum atomic E-state index is 12.1. The van der Waals surface area contributed by atoms with Crippen molar-refractivity contribution < 1.29 is 13.2 Å². The fourth-order valence-corrected chi connectivity index (χ4v) is 4.34. The van der Waals surface area contributed by atoms with E-state index in [0.29, 0.717) is 18.7 Å². The van der Waals surface area contributed by atoms with Gasteiger partial charge in [0.1, 0.15) is 5.82 Å². The van der Waals surface area contributed by atoms with Gasteiger partial charge in [-0.15, -0.1) is 0 Å². The third-order valence-corrected chi connectivity index (χ3v) is 5.83. The first-order valence-corrected chi connectivity index (χ1v) is 10.0. The largest absolute Gasteiger partial charge is 0.311 e. The molecule has 1 fully saturated rings. The van der Waals surface area contributed by atoms with Crippen LogP contribution in [0.3, 0.4) is 0 Å². The van der Waals surface area contributed by atoms with Crippen molar-refractivity contribution in [1.82, 2.24) is 9.78 Å². The highest BCUT2D eigenvalue weighted by atomic mass is 32.2. The summed E-state index contributed by atoms with van der Waals surface area (Å²) < 4.78 is 25.2. The Balaban J connectivity index is 2.28. The predicted molar refractivity (Wildman–Crippen MR) is 91.4 cm³/mol. The van der Waals surface area contributed by atoms with Crippen LogP contribution in [0.25, 0.3) is 0 Å². The molecule has 0 unspecified atom stereocenters. The Kier molecular flexibility index (Phi) is 5.18. The van der Waals surface area contributed by atoms with Crippen molar-refractivity contribution in [1.29, 1.82) is 0 Å². The Morgan fingerprint density at radius 1 is 1.43 bits per heavy atom. The number of rotatable bonds is 5. The van der Waals surface area contributed by atoms with Gasteiger partial charge in [-0.25, -0.2) is 13.1 Å². The number of carbonyl (C=O) groups excluding carboxylic acids is 1. The molecule has 0 spiro atoms. The molecule has 2 rings (SSSR count). The molecular formula is C16H27N3O3S. The van der Waals surface area contributed by atoms with Gasteiger partial charge < -0.3 is 5.32 Å². The van der Waals surface area contributed by atoms with Gasteiger partial charge in [0.05, 0.1) is 23.2 Å². The van der Waals surface area contributed by atoms with Crippen LogP contribution in [-0.2, 0) is 20.0 Å². The van der Waals surface area contributed by atoms with Gasteiger partial charge in [0, 0.05) is 17.9 Å². The third kappa shape index (κ3) is 4.56. The van der Waals surface area contributed by atoms with Crippen LogP contribution in [-0.4, -0.2) is 35.6 Å². The lowest BCUT2D eigenvalue weighted by Crippen LogP contribution is -2.20. The summed E-state index contributed by atoms with van der Waals surface area (Å²) in [6.45, 7) is 8.19.